The number of hydrazine groups is 1. The molecule has 0 aliphatic heterocycles. The number of nitrogens with zero attached hydrogens (tertiary/aromatic N) is 1. The predicted octanol–water partition coefficient (Wildman–Crippen LogP) is 1.20. The van der Waals surface area contributed by atoms with Crippen LogP contribution in [0, 0.1) is 5.92 Å². The number of hydrogen-bond acceptors (Lipinski definition) is 2. The summed E-state index contributed by atoms with van der Waals surface area (Å²) < 4.78 is 2.48. The molecule has 0 radical (unpaired) electrons. The molecular weight excluding hydrogens is 274 g/mol. The van der Waals surface area contributed by atoms with Gasteiger partial charge in [-0.15, -0.1) is 0 Å². The molecule has 1 rings (SSSR count). The van der Waals surface area contributed by atoms with Gasteiger partial charge in [0.25, 0.3) is 5.91 Å². The first-order valence-corrected chi connectivity index (χ1v) is 5.63. The van der Waals surface area contributed by atoms with Crippen LogP contribution in [0.2, 0.25) is 0 Å². The van der Waals surface area contributed by atoms with Gasteiger partial charge in [0.1, 0.15) is 5.69 Å². The van der Waals surface area contributed by atoms with E-state index in [1.807, 2.05) is 0 Å². The minimum atomic E-state index is -0.345. The van der Waals surface area contributed by atoms with Gasteiger partial charge in [-0.2, -0.15) is 0 Å². The van der Waals surface area contributed by atoms with Gasteiger partial charge >= 0.3 is 0 Å². The lowest BCUT2D eigenvalue weighted by Crippen LogP contribution is -2.44. The molecule has 0 unspecified atom stereocenters. The first kappa shape index (κ1) is 12.8. The zero-order chi connectivity index (χ0) is 12.3. The topological polar surface area (TPSA) is 63.1 Å². The Hall–Kier alpha value is -1.30. The van der Waals surface area contributed by atoms with E-state index in [-0.39, 0.29) is 17.7 Å². The van der Waals surface area contributed by atoms with Crippen molar-refractivity contribution in [2.45, 2.75) is 13.8 Å². The molecule has 0 aliphatic carbocycles. The lowest BCUT2D eigenvalue weighted by Gasteiger charge is -2.09. The molecule has 0 fully saturated rings. The van der Waals surface area contributed by atoms with E-state index in [0.29, 0.717) is 5.69 Å². The highest BCUT2D eigenvalue weighted by Gasteiger charge is 2.12. The van der Waals surface area contributed by atoms with E-state index in [4.69, 9.17) is 0 Å². The molecule has 1 heterocycles. The van der Waals surface area contributed by atoms with Crippen molar-refractivity contribution in [1.29, 1.82) is 0 Å². The van der Waals surface area contributed by atoms with Crippen LogP contribution in [0.5, 0.6) is 0 Å². The third-order valence-electron chi connectivity index (χ3n) is 2.03. The Bertz CT molecular complexity index is 412. The molecule has 6 heteroatoms. The summed E-state index contributed by atoms with van der Waals surface area (Å²) in [7, 11) is 1.75. The Morgan fingerprint density at radius 3 is 2.44 bits per heavy atom. The van der Waals surface area contributed by atoms with E-state index in [9.17, 15) is 9.59 Å². The summed E-state index contributed by atoms with van der Waals surface area (Å²) in [5, 5.41) is 0. The Morgan fingerprint density at radius 1 is 1.38 bits per heavy atom. The van der Waals surface area contributed by atoms with E-state index in [1.165, 1.54) is 0 Å². The number of aryl methyl sites for hydroxylation is 1. The number of amides is 2. The van der Waals surface area contributed by atoms with Gasteiger partial charge in [-0.05, 0) is 22.0 Å². The van der Waals surface area contributed by atoms with Crippen LogP contribution in [0.1, 0.15) is 24.3 Å². The smallest absolute Gasteiger partial charge is 0.286 e. The fraction of sp³-hybridized carbons (Fsp3) is 0.400. The van der Waals surface area contributed by atoms with Gasteiger partial charge in [0.15, 0.2) is 0 Å². The number of nitrogens with one attached hydrogen (secondary N) is 2. The molecule has 0 aliphatic rings. The number of carbonyl (C=O) groups is 2. The van der Waals surface area contributed by atoms with Crippen molar-refractivity contribution in [3.8, 4) is 0 Å². The lowest BCUT2D eigenvalue weighted by molar-refractivity contribution is -0.124. The molecule has 0 bridgehead atoms. The molecule has 2 amide bonds. The Labute approximate surface area is 102 Å². The SMILES string of the molecule is CC(C)C(=O)NNC(=O)c1cc(Br)cn1C. The zero-order valence-corrected chi connectivity index (χ0v) is 11.0. The van der Waals surface area contributed by atoms with E-state index in [2.05, 4.69) is 26.8 Å². The molecule has 5 nitrogen and oxygen atoms in total. The summed E-state index contributed by atoms with van der Waals surface area (Å²) in [4.78, 5) is 22.9. The van der Waals surface area contributed by atoms with Gasteiger partial charge in [-0.1, -0.05) is 13.8 Å². The average molecular weight is 288 g/mol. The summed E-state index contributed by atoms with van der Waals surface area (Å²) in [6, 6.07) is 1.68. The van der Waals surface area contributed by atoms with Crippen molar-refractivity contribution < 1.29 is 9.59 Å². The van der Waals surface area contributed by atoms with Gasteiger partial charge in [0.05, 0.1) is 0 Å². The van der Waals surface area contributed by atoms with E-state index in [1.54, 1.807) is 37.7 Å². The molecule has 0 aromatic carbocycles. The van der Waals surface area contributed by atoms with Crippen LogP contribution in [-0.4, -0.2) is 16.4 Å². The van der Waals surface area contributed by atoms with Gasteiger partial charge in [-0.3, -0.25) is 20.4 Å². The maximum atomic E-state index is 11.6. The van der Waals surface area contributed by atoms with Crippen molar-refractivity contribution in [3.05, 3.63) is 22.4 Å². The van der Waals surface area contributed by atoms with Crippen LogP contribution in [0.25, 0.3) is 0 Å². The minimum Gasteiger partial charge on any atom is -0.345 e. The van der Waals surface area contributed by atoms with E-state index in [0.717, 1.165) is 4.47 Å². The second-order valence-corrected chi connectivity index (χ2v) is 4.67. The predicted molar refractivity (Wildman–Crippen MR) is 63.6 cm³/mol. The summed E-state index contributed by atoms with van der Waals surface area (Å²) in [5.74, 6) is -0.732. The molecule has 88 valence electrons. The number of halogens is 1. The number of hydrogen-bond donors (Lipinski definition) is 2. The highest BCUT2D eigenvalue weighted by atomic mass is 79.9. The van der Waals surface area contributed by atoms with Crippen LogP contribution in [-0.2, 0) is 11.8 Å². The van der Waals surface area contributed by atoms with Crippen molar-refractivity contribution in [2.24, 2.45) is 13.0 Å². The quantitative estimate of drug-likeness (QED) is 0.803. The van der Waals surface area contributed by atoms with Gasteiger partial charge in [-0.25, -0.2) is 0 Å². The third kappa shape index (κ3) is 3.10. The minimum absolute atomic E-state index is 0.166. The van der Waals surface area contributed by atoms with Gasteiger partial charge < -0.3 is 4.57 Å². The maximum Gasteiger partial charge on any atom is 0.286 e. The maximum absolute atomic E-state index is 11.6. The summed E-state index contributed by atoms with van der Waals surface area (Å²) in [5.41, 5.74) is 5.17. The monoisotopic (exact) mass is 287 g/mol. The lowest BCUT2D eigenvalue weighted by atomic mass is 10.2. The van der Waals surface area contributed by atoms with Crippen LogP contribution < -0.4 is 10.9 Å². The zero-order valence-electron chi connectivity index (χ0n) is 9.37. The molecule has 2 N–H and O–H groups in total. The average Bonchev–Trinajstić information content (AvgIpc) is 2.53. The van der Waals surface area contributed by atoms with Crippen molar-refractivity contribution in [1.82, 2.24) is 15.4 Å². The second kappa shape index (κ2) is 5.16. The van der Waals surface area contributed by atoms with E-state index >= 15 is 0 Å². The van der Waals surface area contributed by atoms with Crippen molar-refractivity contribution in [3.63, 3.8) is 0 Å². The summed E-state index contributed by atoms with van der Waals surface area (Å²) in [6.07, 6.45) is 1.76. The summed E-state index contributed by atoms with van der Waals surface area (Å²) >= 11 is 3.27. The molecule has 1 aromatic rings. The van der Waals surface area contributed by atoms with Crippen LogP contribution in [0.3, 0.4) is 0 Å². The second-order valence-electron chi connectivity index (χ2n) is 3.75. The largest absolute Gasteiger partial charge is 0.345 e. The first-order valence-electron chi connectivity index (χ1n) is 4.84. The Kier molecular flexibility index (Phi) is 4.12. The van der Waals surface area contributed by atoms with Crippen LogP contribution in [0.15, 0.2) is 16.7 Å². The van der Waals surface area contributed by atoms with Crippen LogP contribution in [0.4, 0.5) is 0 Å². The standard InChI is InChI=1S/C10H14BrN3O2/c1-6(2)9(15)12-13-10(16)8-4-7(11)5-14(8)3/h4-6H,1-3H3,(H,12,15)(H,13,16). The Balaban J connectivity index is 2.60. The third-order valence-corrected chi connectivity index (χ3v) is 2.46. The number of carbonyl (C=O) groups excluding carboxylic acids is 2. The molecule has 16 heavy (non-hydrogen) atoms. The molecule has 0 saturated carbocycles. The molecule has 0 spiro atoms. The molecular formula is C10H14BrN3O2. The highest BCUT2D eigenvalue weighted by Crippen LogP contribution is 2.13. The fourth-order valence-corrected chi connectivity index (χ4v) is 1.60. The fourth-order valence-electron chi connectivity index (χ4n) is 1.08. The van der Waals surface area contributed by atoms with Crippen molar-refractivity contribution in [2.75, 3.05) is 0 Å². The molecule has 0 atom stereocenters. The number of rotatable bonds is 2. The highest BCUT2D eigenvalue weighted by molar-refractivity contribution is 9.10. The van der Waals surface area contributed by atoms with Gasteiger partial charge in [0.2, 0.25) is 5.91 Å². The number of aromatic nitrogens is 1. The first-order chi connectivity index (χ1) is 7.41. The summed E-state index contributed by atoms with van der Waals surface area (Å²) in [6.45, 7) is 3.50. The van der Waals surface area contributed by atoms with E-state index < -0.39 is 0 Å². The molecule has 0 saturated heterocycles. The molecule has 1 aromatic heterocycles. The van der Waals surface area contributed by atoms with Crippen LogP contribution >= 0.6 is 15.9 Å². The van der Waals surface area contributed by atoms with Gasteiger partial charge in [0, 0.05) is 23.6 Å². The van der Waals surface area contributed by atoms with Crippen molar-refractivity contribution >= 4 is 27.7 Å². The Morgan fingerprint density at radius 2 is 2.00 bits per heavy atom. The normalized spacial score (nSPS) is 10.3.